The zero-order valence-electron chi connectivity index (χ0n) is 16.5. The number of benzene rings is 2. The summed E-state index contributed by atoms with van der Waals surface area (Å²) < 4.78 is 0. The van der Waals surface area contributed by atoms with E-state index in [4.69, 9.17) is 0 Å². The monoisotopic (exact) mass is 437 g/mol. The summed E-state index contributed by atoms with van der Waals surface area (Å²) in [4.78, 5) is 51.9. The predicted molar refractivity (Wildman–Crippen MR) is 117 cm³/mol. The molecule has 0 aliphatic carbocycles. The van der Waals surface area contributed by atoms with Gasteiger partial charge in [0.2, 0.25) is 11.8 Å². The molecule has 10 heteroatoms. The number of anilines is 1. The van der Waals surface area contributed by atoms with Crippen LogP contribution in [0, 0.1) is 5.92 Å². The number of amides is 3. The molecular formula is C21H19N5O4S. The molecule has 2 heterocycles. The smallest absolute Gasteiger partial charge is 0.290 e. The van der Waals surface area contributed by atoms with Crippen molar-refractivity contribution < 1.29 is 14.4 Å². The molecule has 1 aliphatic heterocycles. The average Bonchev–Trinajstić information content (AvgIpc) is 3.19. The fourth-order valence-corrected chi connectivity index (χ4v) is 3.87. The molecule has 1 aliphatic rings. The molecule has 3 amide bonds. The zero-order valence-corrected chi connectivity index (χ0v) is 17.4. The van der Waals surface area contributed by atoms with Crippen LogP contribution in [0.3, 0.4) is 0 Å². The number of fused-ring (bicyclic) bond motifs is 1. The summed E-state index contributed by atoms with van der Waals surface area (Å²) >= 11 is 1.60. The van der Waals surface area contributed by atoms with Gasteiger partial charge < -0.3 is 4.90 Å². The average molecular weight is 437 g/mol. The number of carbonyl (C=O) groups excluding carboxylic acids is 3. The maximum absolute atomic E-state index is 12.5. The van der Waals surface area contributed by atoms with Crippen LogP contribution in [0.15, 0.2) is 58.2 Å². The van der Waals surface area contributed by atoms with E-state index in [1.165, 1.54) is 0 Å². The lowest BCUT2D eigenvalue weighted by Gasteiger charge is -2.17. The fraction of sp³-hybridized carbons (Fsp3) is 0.190. The molecule has 9 nitrogen and oxygen atoms in total. The largest absolute Gasteiger partial charge is 0.312 e. The Hall–Kier alpha value is -3.66. The van der Waals surface area contributed by atoms with Crippen molar-refractivity contribution in [3.8, 4) is 0 Å². The van der Waals surface area contributed by atoms with Crippen molar-refractivity contribution in [2.24, 2.45) is 5.92 Å². The molecule has 1 atom stereocenters. The summed E-state index contributed by atoms with van der Waals surface area (Å²) in [5.41, 5.74) is 4.97. The summed E-state index contributed by atoms with van der Waals surface area (Å²) in [7, 11) is 0. The number of hydrogen-bond acceptors (Lipinski definition) is 6. The molecule has 1 unspecified atom stereocenters. The number of aromatic nitrogens is 2. The lowest BCUT2D eigenvalue weighted by Crippen LogP contribution is -2.45. The molecule has 1 fully saturated rings. The summed E-state index contributed by atoms with van der Waals surface area (Å²) in [5.74, 6) is -1.90. The van der Waals surface area contributed by atoms with E-state index in [1.807, 2.05) is 30.5 Å². The zero-order chi connectivity index (χ0) is 22.0. The highest BCUT2D eigenvalue weighted by atomic mass is 32.2. The Morgan fingerprint density at radius 3 is 2.48 bits per heavy atom. The van der Waals surface area contributed by atoms with Crippen LogP contribution in [0.4, 0.5) is 5.69 Å². The number of nitrogens with zero attached hydrogens (tertiary/aromatic N) is 2. The molecule has 0 saturated carbocycles. The van der Waals surface area contributed by atoms with Gasteiger partial charge in [-0.15, -0.1) is 11.8 Å². The van der Waals surface area contributed by atoms with Crippen LogP contribution in [-0.4, -0.2) is 40.7 Å². The molecule has 31 heavy (non-hydrogen) atoms. The lowest BCUT2D eigenvalue weighted by molar-refractivity contribution is -0.126. The first-order valence-electron chi connectivity index (χ1n) is 9.50. The van der Waals surface area contributed by atoms with Gasteiger partial charge in [0, 0.05) is 28.9 Å². The first kappa shape index (κ1) is 20.6. The predicted octanol–water partition coefficient (Wildman–Crippen LogP) is 1.46. The Bertz CT molecular complexity index is 1220. The number of hydrazine groups is 1. The van der Waals surface area contributed by atoms with Crippen LogP contribution < -0.4 is 21.3 Å². The molecule has 0 radical (unpaired) electrons. The molecule has 3 N–H and O–H groups in total. The Labute approximate surface area is 181 Å². The Kier molecular flexibility index (Phi) is 5.72. The summed E-state index contributed by atoms with van der Waals surface area (Å²) in [5, 5.41) is 6.75. The van der Waals surface area contributed by atoms with Crippen molar-refractivity contribution in [3.05, 3.63) is 64.6 Å². The van der Waals surface area contributed by atoms with Crippen molar-refractivity contribution in [1.29, 1.82) is 0 Å². The van der Waals surface area contributed by atoms with Crippen LogP contribution in [0.25, 0.3) is 10.8 Å². The van der Waals surface area contributed by atoms with Gasteiger partial charge in [-0.1, -0.05) is 18.2 Å². The third-order valence-corrected chi connectivity index (χ3v) is 5.83. The van der Waals surface area contributed by atoms with E-state index < -0.39 is 23.3 Å². The van der Waals surface area contributed by atoms with Gasteiger partial charge in [0.25, 0.3) is 11.5 Å². The number of H-pyrrole nitrogens is 1. The highest BCUT2D eigenvalue weighted by Gasteiger charge is 2.35. The number of nitrogens with one attached hydrogen (secondary N) is 3. The minimum absolute atomic E-state index is 0.0199. The van der Waals surface area contributed by atoms with Crippen molar-refractivity contribution >= 4 is 45.9 Å². The first-order chi connectivity index (χ1) is 15.0. The van der Waals surface area contributed by atoms with Gasteiger partial charge in [0.1, 0.15) is 0 Å². The molecule has 2 aromatic carbocycles. The fourth-order valence-electron chi connectivity index (χ4n) is 3.46. The summed E-state index contributed by atoms with van der Waals surface area (Å²) in [6, 6.07) is 14.1. The van der Waals surface area contributed by atoms with E-state index in [0.29, 0.717) is 10.8 Å². The number of rotatable bonds is 4. The van der Waals surface area contributed by atoms with Gasteiger partial charge in [-0.25, -0.2) is 5.10 Å². The Morgan fingerprint density at radius 1 is 1.06 bits per heavy atom. The van der Waals surface area contributed by atoms with Crippen LogP contribution in [-0.2, 0) is 9.59 Å². The van der Waals surface area contributed by atoms with Gasteiger partial charge in [0.05, 0.1) is 11.3 Å². The number of aromatic amines is 1. The van der Waals surface area contributed by atoms with Crippen LogP contribution in [0.2, 0.25) is 0 Å². The highest BCUT2D eigenvalue weighted by Crippen LogP contribution is 2.27. The molecule has 3 aromatic rings. The minimum Gasteiger partial charge on any atom is -0.312 e. The van der Waals surface area contributed by atoms with Gasteiger partial charge in [-0.3, -0.25) is 30.0 Å². The SMILES string of the molecule is CSc1ccc(N2CC(C(=O)NNC(=O)c3n[nH]c(=O)c4ccccc34)CC2=O)cc1. The molecule has 1 saturated heterocycles. The maximum atomic E-state index is 12.5. The summed E-state index contributed by atoms with van der Waals surface area (Å²) in [6.45, 7) is 0.221. The second-order valence-corrected chi connectivity index (χ2v) is 7.87. The molecule has 158 valence electrons. The third kappa shape index (κ3) is 4.15. The van der Waals surface area contributed by atoms with E-state index in [9.17, 15) is 19.2 Å². The number of carbonyl (C=O) groups is 3. The summed E-state index contributed by atoms with van der Waals surface area (Å²) in [6.07, 6.45) is 2.02. The second-order valence-electron chi connectivity index (χ2n) is 6.99. The minimum atomic E-state index is -0.672. The maximum Gasteiger partial charge on any atom is 0.290 e. The quantitative estimate of drug-likeness (QED) is 0.419. The van der Waals surface area contributed by atoms with Gasteiger partial charge in [-0.2, -0.15) is 5.10 Å². The normalized spacial score (nSPS) is 15.8. The molecule has 1 aromatic heterocycles. The van der Waals surface area contributed by atoms with Gasteiger partial charge in [-0.05, 0) is 36.6 Å². The number of hydrogen-bond donors (Lipinski definition) is 3. The van der Waals surface area contributed by atoms with Gasteiger partial charge >= 0.3 is 0 Å². The van der Waals surface area contributed by atoms with E-state index in [2.05, 4.69) is 21.0 Å². The van der Waals surface area contributed by atoms with Gasteiger partial charge in [0.15, 0.2) is 5.69 Å². The molecule has 0 bridgehead atoms. The van der Waals surface area contributed by atoms with Crippen LogP contribution >= 0.6 is 11.8 Å². The van der Waals surface area contributed by atoms with E-state index in [-0.39, 0.29) is 24.6 Å². The van der Waals surface area contributed by atoms with Crippen molar-refractivity contribution in [2.45, 2.75) is 11.3 Å². The second kappa shape index (κ2) is 8.60. The molecular weight excluding hydrogens is 418 g/mol. The first-order valence-corrected chi connectivity index (χ1v) is 10.7. The van der Waals surface area contributed by atoms with E-state index in [1.54, 1.807) is 40.9 Å². The van der Waals surface area contributed by atoms with Crippen molar-refractivity contribution in [2.75, 3.05) is 17.7 Å². The van der Waals surface area contributed by atoms with E-state index >= 15 is 0 Å². The standard InChI is InChI=1S/C21H19N5O4S/c1-31-14-8-6-13(7-9-14)26-11-12(10-17(26)27)19(28)23-25-21(30)18-15-4-2-3-5-16(15)20(29)24-22-18/h2-9,12H,10-11H2,1H3,(H,23,28)(H,24,29)(H,25,30). The van der Waals surface area contributed by atoms with Crippen molar-refractivity contribution in [3.63, 3.8) is 0 Å². The van der Waals surface area contributed by atoms with Crippen LogP contribution in [0.1, 0.15) is 16.9 Å². The number of thioether (sulfide) groups is 1. The molecule has 4 rings (SSSR count). The topological polar surface area (TPSA) is 124 Å². The third-order valence-electron chi connectivity index (χ3n) is 5.09. The Morgan fingerprint density at radius 2 is 1.77 bits per heavy atom. The Balaban J connectivity index is 1.41. The van der Waals surface area contributed by atoms with Crippen molar-refractivity contribution in [1.82, 2.24) is 21.0 Å². The van der Waals surface area contributed by atoms with E-state index in [0.717, 1.165) is 10.6 Å². The molecule has 0 spiro atoms. The lowest BCUT2D eigenvalue weighted by atomic mass is 10.1. The highest BCUT2D eigenvalue weighted by molar-refractivity contribution is 7.98. The van der Waals surface area contributed by atoms with Crippen LogP contribution in [0.5, 0.6) is 0 Å².